The molecule has 0 aliphatic rings. The zero-order chi connectivity index (χ0) is 26.1. The summed E-state index contributed by atoms with van der Waals surface area (Å²) in [5.41, 5.74) is 8.33. The maximum Gasteiger partial charge on any atom is 0.0991 e. The van der Waals surface area contributed by atoms with Crippen LogP contribution in [0.5, 0.6) is 0 Å². The second kappa shape index (κ2) is 17.0. The predicted molar refractivity (Wildman–Crippen MR) is 154 cm³/mol. The SMILES string of the molecule is C=CCCC/C(C=C)=C/N=C(C)c1ccc(C#N)cc1C/C=C/C/C=C(/C/C(C)=C\C)N=C(C)C. The summed E-state index contributed by atoms with van der Waals surface area (Å²) in [4.78, 5) is 9.39. The van der Waals surface area contributed by atoms with Crippen molar-refractivity contribution in [2.24, 2.45) is 9.98 Å². The molecule has 0 saturated heterocycles. The Hall–Kier alpha value is -3.51. The molecule has 1 aromatic carbocycles. The molecule has 0 aromatic heterocycles. The molecule has 3 nitrogen and oxygen atoms in total. The Kier molecular flexibility index (Phi) is 14.3. The van der Waals surface area contributed by atoms with E-state index in [1.807, 2.05) is 57.3 Å². The van der Waals surface area contributed by atoms with E-state index in [0.717, 1.165) is 72.3 Å². The number of rotatable bonds is 14. The van der Waals surface area contributed by atoms with Gasteiger partial charge in [-0.25, -0.2) is 0 Å². The van der Waals surface area contributed by atoms with Crippen LogP contribution in [-0.2, 0) is 6.42 Å². The number of unbranched alkanes of at least 4 members (excludes halogenated alkanes) is 1. The van der Waals surface area contributed by atoms with Crippen LogP contribution in [0.1, 0.15) is 83.4 Å². The van der Waals surface area contributed by atoms with E-state index in [2.05, 4.69) is 62.4 Å². The molecule has 0 heterocycles. The lowest BCUT2D eigenvalue weighted by Gasteiger charge is -2.08. The van der Waals surface area contributed by atoms with Crippen LogP contribution in [0.4, 0.5) is 0 Å². The van der Waals surface area contributed by atoms with Crippen LogP contribution in [0.25, 0.3) is 0 Å². The van der Waals surface area contributed by atoms with Gasteiger partial charge in [0.1, 0.15) is 0 Å². The van der Waals surface area contributed by atoms with Crippen molar-refractivity contribution in [2.45, 2.75) is 73.1 Å². The van der Waals surface area contributed by atoms with E-state index in [1.165, 1.54) is 5.57 Å². The van der Waals surface area contributed by atoms with Crippen molar-refractivity contribution in [1.29, 1.82) is 5.26 Å². The molecular formula is C32H41N3. The molecule has 35 heavy (non-hydrogen) atoms. The van der Waals surface area contributed by atoms with Crippen molar-refractivity contribution >= 4 is 11.4 Å². The highest BCUT2D eigenvalue weighted by Gasteiger charge is 2.06. The zero-order valence-electron chi connectivity index (χ0n) is 22.3. The van der Waals surface area contributed by atoms with Crippen molar-refractivity contribution in [1.82, 2.24) is 0 Å². The molecule has 0 aliphatic carbocycles. The fourth-order valence-electron chi connectivity index (χ4n) is 3.45. The monoisotopic (exact) mass is 467 g/mol. The maximum absolute atomic E-state index is 9.39. The topological polar surface area (TPSA) is 48.5 Å². The summed E-state index contributed by atoms with van der Waals surface area (Å²) in [5.74, 6) is 0. The fourth-order valence-corrected chi connectivity index (χ4v) is 3.45. The van der Waals surface area contributed by atoms with Gasteiger partial charge in [0.05, 0.1) is 11.6 Å². The number of hydrogen-bond donors (Lipinski definition) is 0. The molecule has 0 N–H and O–H groups in total. The Labute approximate surface area is 213 Å². The van der Waals surface area contributed by atoms with Crippen molar-refractivity contribution in [3.05, 3.63) is 108 Å². The second-order valence-electron chi connectivity index (χ2n) is 8.76. The fraction of sp³-hybridized carbons (Fsp3) is 0.344. The van der Waals surface area contributed by atoms with Gasteiger partial charge in [-0.05, 0) is 95.6 Å². The zero-order valence-corrected chi connectivity index (χ0v) is 22.3. The number of nitriles is 1. The molecule has 0 radical (unpaired) electrons. The number of benzene rings is 1. The van der Waals surface area contributed by atoms with E-state index in [1.54, 1.807) is 0 Å². The molecule has 0 atom stereocenters. The molecule has 184 valence electrons. The summed E-state index contributed by atoms with van der Waals surface area (Å²) >= 11 is 0. The summed E-state index contributed by atoms with van der Waals surface area (Å²) in [6.07, 6.45) is 19.7. The van der Waals surface area contributed by atoms with Crippen LogP contribution >= 0.6 is 0 Å². The van der Waals surface area contributed by atoms with Gasteiger partial charge in [-0.3, -0.25) is 9.98 Å². The minimum Gasteiger partial charge on any atom is -0.263 e. The summed E-state index contributed by atoms with van der Waals surface area (Å²) in [6.45, 7) is 17.9. The van der Waals surface area contributed by atoms with Gasteiger partial charge in [0, 0.05) is 29.7 Å². The van der Waals surface area contributed by atoms with Gasteiger partial charge in [-0.2, -0.15) is 5.26 Å². The van der Waals surface area contributed by atoms with E-state index in [4.69, 9.17) is 4.99 Å². The molecule has 0 aliphatic heterocycles. The van der Waals surface area contributed by atoms with Crippen LogP contribution in [0, 0.1) is 11.3 Å². The minimum absolute atomic E-state index is 0.661. The standard InChI is InChI=1S/C32H41N3/c1-8-11-13-16-28(10-3)24-34-27(7)32-20-19-29(23-33)22-30(32)17-14-12-15-18-31(35-25(4)5)21-26(6)9-2/h8-10,12,14,18-20,22,24H,1,3,11,13,15-17,21H2,2,4-7H3/b14-12+,26-9-,28-24+,31-18-,34-27?. The Bertz CT molecular complexity index is 1080. The Morgan fingerprint density at radius 2 is 1.89 bits per heavy atom. The van der Waals surface area contributed by atoms with Crippen LogP contribution in [-0.4, -0.2) is 11.4 Å². The van der Waals surface area contributed by atoms with Crippen molar-refractivity contribution < 1.29 is 0 Å². The molecule has 1 aromatic rings. The van der Waals surface area contributed by atoms with Crippen molar-refractivity contribution in [3.63, 3.8) is 0 Å². The lowest BCUT2D eigenvalue weighted by Crippen LogP contribution is -2.01. The van der Waals surface area contributed by atoms with Crippen LogP contribution in [0.2, 0.25) is 0 Å². The quantitative estimate of drug-likeness (QED) is 0.116. The highest BCUT2D eigenvalue weighted by Crippen LogP contribution is 2.17. The highest BCUT2D eigenvalue weighted by molar-refractivity contribution is 6.00. The molecule has 0 saturated carbocycles. The number of allylic oxidation sites excluding steroid dienone is 8. The molecule has 0 bridgehead atoms. The summed E-state index contributed by atoms with van der Waals surface area (Å²) in [6, 6.07) is 8.06. The first kappa shape index (κ1) is 29.5. The van der Waals surface area contributed by atoms with Crippen molar-refractivity contribution in [2.75, 3.05) is 0 Å². The second-order valence-corrected chi connectivity index (χ2v) is 8.76. The number of nitrogens with zero attached hydrogens (tertiary/aromatic N) is 3. The molecule has 3 heteroatoms. The Morgan fingerprint density at radius 3 is 2.51 bits per heavy atom. The van der Waals surface area contributed by atoms with E-state index in [9.17, 15) is 5.26 Å². The predicted octanol–water partition coefficient (Wildman–Crippen LogP) is 9.00. The summed E-state index contributed by atoms with van der Waals surface area (Å²) in [7, 11) is 0. The highest BCUT2D eigenvalue weighted by atomic mass is 14.7. The molecule has 1 rings (SSSR count). The average molecular weight is 468 g/mol. The van der Waals surface area contributed by atoms with Crippen LogP contribution in [0.15, 0.2) is 101 Å². The first-order chi connectivity index (χ1) is 16.8. The molecule has 0 unspecified atom stereocenters. The van der Waals surface area contributed by atoms with Crippen LogP contribution < -0.4 is 0 Å². The normalized spacial score (nSPS) is 13.0. The lowest BCUT2D eigenvalue weighted by atomic mass is 9.98. The molecular weight excluding hydrogens is 426 g/mol. The van der Waals surface area contributed by atoms with Gasteiger partial charge in [-0.15, -0.1) is 6.58 Å². The van der Waals surface area contributed by atoms with E-state index < -0.39 is 0 Å². The third-order valence-electron chi connectivity index (χ3n) is 5.50. The van der Waals surface area contributed by atoms with Gasteiger partial charge in [-0.1, -0.05) is 54.7 Å². The Morgan fingerprint density at radius 1 is 1.11 bits per heavy atom. The van der Waals surface area contributed by atoms with Gasteiger partial charge >= 0.3 is 0 Å². The third-order valence-corrected chi connectivity index (χ3v) is 5.50. The summed E-state index contributed by atoms with van der Waals surface area (Å²) < 4.78 is 0. The summed E-state index contributed by atoms with van der Waals surface area (Å²) in [5, 5.41) is 9.39. The van der Waals surface area contributed by atoms with Gasteiger partial charge < -0.3 is 0 Å². The van der Waals surface area contributed by atoms with E-state index >= 15 is 0 Å². The molecule has 0 fully saturated rings. The number of hydrogen-bond acceptors (Lipinski definition) is 3. The maximum atomic E-state index is 9.39. The minimum atomic E-state index is 0.661. The third kappa shape index (κ3) is 12.0. The number of aliphatic imine (C=N–C) groups is 2. The molecule has 0 spiro atoms. The van der Waals surface area contributed by atoms with Gasteiger partial charge in [0.2, 0.25) is 0 Å². The lowest BCUT2D eigenvalue weighted by molar-refractivity contribution is 0.846. The smallest absolute Gasteiger partial charge is 0.0991 e. The van der Waals surface area contributed by atoms with Crippen LogP contribution in [0.3, 0.4) is 0 Å². The van der Waals surface area contributed by atoms with Gasteiger partial charge in [0.25, 0.3) is 0 Å². The van der Waals surface area contributed by atoms with E-state index in [0.29, 0.717) is 5.56 Å². The molecule has 0 amide bonds. The van der Waals surface area contributed by atoms with Gasteiger partial charge in [0.15, 0.2) is 0 Å². The average Bonchev–Trinajstić information content (AvgIpc) is 2.84. The largest absolute Gasteiger partial charge is 0.263 e. The first-order valence-electron chi connectivity index (χ1n) is 12.3. The van der Waals surface area contributed by atoms with Crippen molar-refractivity contribution in [3.8, 4) is 6.07 Å². The first-order valence-corrected chi connectivity index (χ1v) is 12.3. The Balaban J connectivity index is 3.06. The van der Waals surface area contributed by atoms with E-state index in [-0.39, 0.29) is 0 Å².